The molecule has 0 spiro atoms. The van der Waals surface area contributed by atoms with Crippen LogP contribution in [0.1, 0.15) is 17.5 Å². The lowest BCUT2D eigenvalue weighted by atomic mass is 9.80. The fraction of sp³-hybridized carbons (Fsp3) is 0.333. The number of ether oxygens (including phenoxy) is 3. The van der Waals surface area contributed by atoms with Crippen LogP contribution >= 0.6 is 11.6 Å². The standard InChI is InChI=1S/C30H32ClN3O8S/c1-32(2)28(36)24-15-19(35)17-33(24)30(21-8-6-7-9-25(21)41-4)22-14-18(31)10-12-23(22)34(29(30)37)43(38,39)27-13-11-20(40-3)16-26(27)42-5/h6-14,16,19,24,35H,15,17H2,1-5H3/t19-,24+,30-/m1/s1. The lowest BCUT2D eigenvalue weighted by Gasteiger charge is -2.42. The third kappa shape index (κ3) is 4.69. The van der Waals surface area contributed by atoms with Gasteiger partial charge < -0.3 is 24.2 Å². The maximum atomic E-state index is 15.2. The molecule has 3 aromatic rings. The summed E-state index contributed by atoms with van der Waals surface area (Å²) >= 11 is 6.52. The van der Waals surface area contributed by atoms with Crippen molar-refractivity contribution in [2.75, 3.05) is 46.3 Å². The number of likely N-dealkylation sites (N-methyl/N-ethyl adjacent to an activating group) is 1. The molecule has 3 atom stereocenters. The maximum Gasteiger partial charge on any atom is 0.274 e. The minimum absolute atomic E-state index is 0.0240. The second-order valence-electron chi connectivity index (χ2n) is 10.5. The number of likely N-dealkylation sites (tertiary alicyclic amines) is 1. The van der Waals surface area contributed by atoms with Crippen LogP contribution in [0.5, 0.6) is 17.2 Å². The summed E-state index contributed by atoms with van der Waals surface area (Å²) in [6.07, 6.45) is -0.959. The Bertz CT molecular complexity index is 1700. The van der Waals surface area contributed by atoms with Crippen LogP contribution in [0, 0.1) is 0 Å². The smallest absolute Gasteiger partial charge is 0.274 e. The molecule has 13 heteroatoms. The van der Waals surface area contributed by atoms with E-state index in [4.69, 9.17) is 25.8 Å². The van der Waals surface area contributed by atoms with E-state index in [0.29, 0.717) is 5.75 Å². The second-order valence-corrected chi connectivity index (χ2v) is 12.6. The van der Waals surface area contributed by atoms with Crippen LogP contribution in [0.4, 0.5) is 5.69 Å². The average Bonchev–Trinajstić information content (AvgIpc) is 3.50. The molecule has 2 aliphatic heterocycles. The molecule has 228 valence electrons. The lowest BCUT2D eigenvalue weighted by molar-refractivity contribution is -0.138. The van der Waals surface area contributed by atoms with E-state index in [0.717, 1.165) is 4.31 Å². The highest BCUT2D eigenvalue weighted by Crippen LogP contribution is 2.55. The minimum atomic E-state index is -4.64. The number of β-amino-alcohol motifs (C(OH)–C–C–N with tert-alkyl or cyclic N) is 1. The third-order valence-electron chi connectivity index (χ3n) is 7.88. The second kappa shape index (κ2) is 11.3. The van der Waals surface area contributed by atoms with Crippen LogP contribution in [0.2, 0.25) is 5.02 Å². The number of anilines is 1. The van der Waals surface area contributed by atoms with Gasteiger partial charge in [-0.1, -0.05) is 29.8 Å². The van der Waals surface area contributed by atoms with E-state index in [9.17, 15) is 18.3 Å². The number of hydrogen-bond donors (Lipinski definition) is 1. The highest BCUT2D eigenvalue weighted by Gasteiger charge is 2.64. The van der Waals surface area contributed by atoms with Crippen molar-refractivity contribution in [2.24, 2.45) is 0 Å². The highest BCUT2D eigenvalue weighted by molar-refractivity contribution is 7.93. The number of amides is 2. The van der Waals surface area contributed by atoms with Gasteiger partial charge in [0.25, 0.3) is 15.9 Å². The summed E-state index contributed by atoms with van der Waals surface area (Å²) in [6.45, 7) is -0.111. The molecule has 5 rings (SSSR count). The van der Waals surface area contributed by atoms with Crippen LogP contribution in [-0.4, -0.2) is 89.3 Å². The number of methoxy groups -OCH3 is 3. The Morgan fingerprint density at radius 3 is 2.33 bits per heavy atom. The van der Waals surface area contributed by atoms with Gasteiger partial charge in [-0.25, -0.2) is 12.7 Å². The van der Waals surface area contributed by atoms with Gasteiger partial charge in [0.15, 0.2) is 5.54 Å². The van der Waals surface area contributed by atoms with Crippen molar-refractivity contribution in [1.29, 1.82) is 0 Å². The van der Waals surface area contributed by atoms with Gasteiger partial charge in [0, 0.05) is 42.9 Å². The fourth-order valence-corrected chi connectivity index (χ4v) is 7.80. The number of nitrogens with zero attached hydrogens (tertiary/aromatic N) is 3. The van der Waals surface area contributed by atoms with E-state index in [2.05, 4.69) is 0 Å². The Hall–Kier alpha value is -3.84. The van der Waals surface area contributed by atoms with Gasteiger partial charge in [-0.05, 0) is 42.8 Å². The predicted molar refractivity (Wildman–Crippen MR) is 159 cm³/mol. The van der Waals surface area contributed by atoms with E-state index < -0.39 is 33.6 Å². The van der Waals surface area contributed by atoms with Gasteiger partial charge in [0.05, 0.1) is 39.2 Å². The van der Waals surface area contributed by atoms with Crippen molar-refractivity contribution < 1.29 is 37.3 Å². The summed E-state index contributed by atoms with van der Waals surface area (Å²) in [7, 11) is 2.70. The zero-order valence-electron chi connectivity index (χ0n) is 24.3. The zero-order valence-corrected chi connectivity index (χ0v) is 25.8. The first kappa shape index (κ1) is 30.6. The summed E-state index contributed by atoms with van der Waals surface area (Å²) in [6, 6.07) is 14.3. The van der Waals surface area contributed by atoms with Crippen molar-refractivity contribution in [2.45, 2.75) is 29.0 Å². The molecule has 2 aliphatic rings. The maximum absolute atomic E-state index is 15.2. The van der Waals surface area contributed by atoms with E-state index in [-0.39, 0.29) is 57.1 Å². The van der Waals surface area contributed by atoms with E-state index in [1.54, 1.807) is 43.3 Å². The number of rotatable bonds is 8. The van der Waals surface area contributed by atoms with Gasteiger partial charge in [0.2, 0.25) is 5.91 Å². The van der Waals surface area contributed by atoms with Crippen molar-refractivity contribution in [3.8, 4) is 17.2 Å². The van der Waals surface area contributed by atoms with Crippen molar-refractivity contribution >= 4 is 39.1 Å². The summed E-state index contributed by atoms with van der Waals surface area (Å²) in [5.74, 6) is -0.650. The Balaban J connectivity index is 1.86. The minimum Gasteiger partial charge on any atom is -0.497 e. The number of sulfonamides is 1. The molecule has 0 aromatic heterocycles. The summed E-state index contributed by atoms with van der Waals surface area (Å²) in [4.78, 5) is 31.4. The predicted octanol–water partition coefficient (Wildman–Crippen LogP) is 2.87. The first-order valence-corrected chi connectivity index (χ1v) is 15.2. The number of hydrogen-bond acceptors (Lipinski definition) is 9. The van der Waals surface area contributed by atoms with Crippen molar-refractivity contribution in [1.82, 2.24) is 9.80 Å². The molecule has 1 N–H and O–H groups in total. The average molecular weight is 630 g/mol. The number of carbonyl (C=O) groups is 2. The lowest BCUT2D eigenvalue weighted by Crippen LogP contribution is -2.59. The summed E-state index contributed by atoms with van der Waals surface area (Å²) in [5.41, 5.74) is -1.39. The Morgan fingerprint density at radius 2 is 1.67 bits per heavy atom. The molecule has 0 saturated carbocycles. The Morgan fingerprint density at radius 1 is 0.977 bits per heavy atom. The molecule has 1 fully saturated rings. The van der Waals surface area contributed by atoms with Crippen LogP contribution < -0.4 is 18.5 Å². The van der Waals surface area contributed by atoms with E-state index in [1.807, 2.05) is 0 Å². The largest absolute Gasteiger partial charge is 0.497 e. The van der Waals surface area contributed by atoms with Gasteiger partial charge >= 0.3 is 0 Å². The van der Waals surface area contributed by atoms with Gasteiger partial charge in [0.1, 0.15) is 22.1 Å². The molecule has 2 heterocycles. The molecule has 0 radical (unpaired) electrons. The molecule has 0 unspecified atom stereocenters. The number of aliphatic hydroxyl groups excluding tert-OH is 1. The molecule has 3 aromatic carbocycles. The summed E-state index contributed by atoms with van der Waals surface area (Å²) < 4.78 is 46.1. The topological polar surface area (TPSA) is 126 Å². The van der Waals surface area contributed by atoms with Gasteiger partial charge in [-0.3, -0.25) is 14.5 Å². The monoisotopic (exact) mass is 629 g/mol. The molecule has 43 heavy (non-hydrogen) atoms. The number of halogens is 1. The molecular formula is C30H32ClN3O8S. The van der Waals surface area contributed by atoms with E-state index in [1.165, 1.54) is 62.6 Å². The SMILES string of the molecule is COc1ccc(S(=O)(=O)N2C(=O)[C@](c3ccccc3OC)(N3C[C@H](O)C[C@H]3C(=O)N(C)C)c3cc(Cl)ccc32)c(OC)c1. The number of fused-ring (bicyclic) bond motifs is 1. The zero-order chi connectivity index (χ0) is 31.3. The number of carbonyl (C=O) groups excluding carboxylic acids is 2. The van der Waals surface area contributed by atoms with Crippen molar-refractivity contribution in [3.63, 3.8) is 0 Å². The first-order chi connectivity index (χ1) is 20.4. The van der Waals surface area contributed by atoms with Crippen LogP contribution in [0.15, 0.2) is 65.6 Å². The van der Waals surface area contributed by atoms with Gasteiger partial charge in [-0.15, -0.1) is 0 Å². The molecule has 0 bridgehead atoms. The molecular weight excluding hydrogens is 598 g/mol. The summed E-state index contributed by atoms with van der Waals surface area (Å²) in [5, 5.41) is 11.2. The first-order valence-electron chi connectivity index (χ1n) is 13.3. The molecule has 2 amide bonds. The molecule has 0 aliphatic carbocycles. The normalized spacial score (nSPS) is 21.9. The third-order valence-corrected chi connectivity index (χ3v) is 9.85. The molecule has 1 saturated heterocycles. The quantitative estimate of drug-likeness (QED) is 0.400. The number of para-hydroxylation sites is 1. The van der Waals surface area contributed by atoms with Crippen LogP contribution in [0.3, 0.4) is 0 Å². The fourth-order valence-electron chi connectivity index (χ4n) is 6.02. The van der Waals surface area contributed by atoms with Crippen LogP contribution in [-0.2, 0) is 25.2 Å². The number of aliphatic hydroxyl groups is 1. The van der Waals surface area contributed by atoms with Gasteiger partial charge in [-0.2, -0.15) is 0 Å². The highest BCUT2D eigenvalue weighted by atomic mass is 35.5. The van der Waals surface area contributed by atoms with Crippen LogP contribution in [0.25, 0.3) is 0 Å². The Labute approximate surface area is 255 Å². The number of benzene rings is 3. The van der Waals surface area contributed by atoms with Crippen molar-refractivity contribution in [3.05, 3.63) is 76.8 Å². The Kier molecular flexibility index (Phi) is 8.07. The molecule has 11 nitrogen and oxygen atoms in total. The van der Waals surface area contributed by atoms with E-state index >= 15 is 4.79 Å².